The molecule has 0 saturated carbocycles. The summed E-state index contributed by atoms with van der Waals surface area (Å²) in [6, 6.07) is 16.3. The molecule has 0 saturated heterocycles. The fraction of sp³-hybridized carbons (Fsp3) is 0.133. The van der Waals surface area contributed by atoms with Gasteiger partial charge in [-0.25, -0.2) is 0 Å². The van der Waals surface area contributed by atoms with Gasteiger partial charge in [0.2, 0.25) is 0 Å². The second-order valence-electron chi connectivity index (χ2n) is 4.19. The van der Waals surface area contributed by atoms with E-state index in [9.17, 15) is 4.79 Å². The third-order valence-corrected chi connectivity index (χ3v) is 2.58. The fourth-order valence-electron chi connectivity index (χ4n) is 1.61. The molecule has 3 N–H and O–H groups in total. The van der Waals surface area contributed by atoms with Crippen molar-refractivity contribution < 1.29 is 9.53 Å². The van der Waals surface area contributed by atoms with Crippen molar-refractivity contribution in [2.75, 3.05) is 11.1 Å². The second kappa shape index (κ2) is 5.91. The summed E-state index contributed by atoms with van der Waals surface area (Å²) >= 11 is 0. The number of benzene rings is 2. The highest BCUT2D eigenvalue weighted by Gasteiger charge is 2.14. The van der Waals surface area contributed by atoms with Gasteiger partial charge in [-0.15, -0.1) is 0 Å². The first-order chi connectivity index (χ1) is 9.15. The van der Waals surface area contributed by atoms with Crippen LogP contribution in [0.5, 0.6) is 5.75 Å². The van der Waals surface area contributed by atoms with E-state index in [1.807, 2.05) is 30.3 Å². The van der Waals surface area contributed by atoms with Crippen molar-refractivity contribution in [2.45, 2.75) is 13.0 Å². The standard InChI is InChI=1S/C15H16N2O2/c1-11(19-14-9-5-6-12(16)10-14)15(18)17-13-7-3-2-4-8-13/h2-11H,16H2,1H3,(H,17,18)/t11-/m1/s1. The Morgan fingerprint density at radius 3 is 2.58 bits per heavy atom. The number of hydrogen-bond donors (Lipinski definition) is 2. The third kappa shape index (κ3) is 3.74. The third-order valence-electron chi connectivity index (χ3n) is 2.58. The molecule has 0 aromatic heterocycles. The van der Waals surface area contributed by atoms with Crippen molar-refractivity contribution in [1.82, 2.24) is 0 Å². The van der Waals surface area contributed by atoms with Gasteiger partial charge in [0.1, 0.15) is 5.75 Å². The summed E-state index contributed by atoms with van der Waals surface area (Å²) < 4.78 is 5.54. The van der Waals surface area contributed by atoms with Crippen LogP contribution in [0.1, 0.15) is 6.92 Å². The first-order valence-electron chi connectivity index (χ1n) is 6.03. The number of para-hydroxylation sites is 1. The average Bonchev–Trinajstić information content (AvgIpc) is 2.40. The molecule has 0 aliphatic rings. The molecule has 0 radical (unpaired) electrons. The van der Waals surface area contributed by atoms with Gasteiger partial charge in [0.05, 0.1) is 0 Å². The molecule has 4 heteroatoms. The van der Waals surface area contributed by atoms with Gasteiger partial charge < -0.3 is 15.8 Å². The summed E-state index contributed by atoms with van der Waals surface area (Å²) in [4.78, 5) is 11.9. The van der Waals surface area contributed by atoms with Gasteiger partial charge in [-0.05, 0) is 31.2 Å². The lowest BCUT2D eigenvalue weighted by Gasteiger charge is -2.15. The molecule has 2 aromatic carbocycles. The van der Waals surface area contributed by atoms with Gasteiger partial charge in [-0.1, -0.05) is 24.3 Å². The Hall–Kier alpha value is -2.49. The topological polar surface area (TPSA) is 64.3 Å². The molecule has 0 fully saturated rings. The average molecular weight is 256 g/mol. The SMILES string of the molecule is C[C@@H](Oc1cccc(N)c1)C(=O)Nc1ccccc1. The molecule has 2 aromatic rings. The molecule has 19 heavy (non-hydrogen) atoms. The van der Waals surface area contributed by atoms with Crippen molar-refractivity contribution in [1.29, 1.82) is 0 Å². The lowest BCUT2D eigenvalue weighted by atomic mass is 10.3. The monoisotopic (exact) mass is 256 g/mol. The molecule has 0 unspecified atom stereocenters. The van der Waals surface area contributed by atoms with Gasteiger partial charge in [0, 0.05) is 17.4 Å². The van der Waals surface area contributed by atoms with Crippen molar-refractivity contribution in [3.05, 3.63) is 54.6 Å². The Balaban J connectivity index is 1.96. The van der Waals surface area contributed by atoms with Gasteiger partial charge in [0.25, 0.3) is 5.91 Å². The van der Waals surface area contributed by atoms with E-state index >= 15 is 0 Å². The lowest BCUT2D eigenvalue weighted by molar-refractivity contribution is -0.122. The van der Waals surface area contributed by atoms with Crippen molar-refractivity contribution in [3.8, 4) is 5.75 Å². The number of rotatable bonds is 4. The van der Waals surface area contributed by atoms with Crippen molar-refractivity contribution >= 4 is 17.3 Å². The zero-order valence-corrected chi connectivity index (χ0v) is 10.7. The van der Waals surface area contributed by atoms with Gasteiger partial charge >= 0.3 is 0 Å². The highest BCUT2D eigenvalue weighted by molar-refractivity contribution is 5.94. The normalized spacial score (nSPS) is 11.6. The van der Waals surface area contributed by atoms with Crippen LogP contribution in [0, 0.1) is 0 Å². The number of anilines is 2. The number of nitrogens with two attached hydrogens (primary N) is 1. The number of nitrogens with one attached hydrogen (secondary N) is 1. The maximum atomic E-state index is 11.9. The minimum Gasteiger partial charge on any atom is -0.481 e. The van der Waals surface area contributed by atoms with Crippen molar-refractivity contribution in [2.24, 2.45) is 0 Å². The number of nitrogen functional groups attached to an aromatic ring is 1. The number of carbonyl (C=O) groups is 1. The predicted molar refractivity (Wildman–Crippen MR) is 76.0 cm³/mol. The van der Waals surface area contributed by atoms with Crippen LogP contribution in [-0.2, 0) is 4.79 Å². The molecule has 4 nitrogen and oxygen atoms in total. The number of ether oxygens (including phenoxy) is 1. The smallest absolute Gasteiger partial charge is 0.265 e. The van der Waals surface area contributed by atoms with E-state index in [4.69, 9.17) is 10.5 Å². The molecular formula is C15H16N2O2. The summed E-state index contributed by atoms with van der Waals surface area (Å²) in [5, 5.41) is 2.78. The first kappa shape index (κ1) is 13.0. The zero-order valence-electron chi connectivity index (χ0n) is 10.7. The van der Waals surface area contributed by atoms with Crippen LogP contribution in [0.3, 0.4) is 0 Å². The van der Waals surface area contributed by atoms with E-state index < -0.39 is 6.10 Å². The predicted octanol–water partition coefficient (Wildman–Crippen LogP) is 2.67. The highest BCUT2D eigenvalue weighted by Crippen LogP contribution is 2.16. The summed E-state index contributed by atoms with van der Waals surface area (Å²) in [5.74, 6) is 0.379. The number of hydrogen-bond acceptors (Lipinski definition) is 3. The molecule has 0 heterocycles. The highest BCUT2D eigenvalue weighted by atomic mass is 16.5. The van der Waals surface area contributed by atoms with E-state index in [2.05, 4.69) is 5.32 Å². The molecule has 98 valence electrons. The van der Waals surface area contributed by atoms with Crippen LogP contribution in [0.4, 0.5) is 11.4 Å². The van der Waals surface area contributed by atoms with Gasteiger partial charge in [0.15, 0.2) is 6.10 Å². The van der Waals surface area contributed by atoms with E-state index in [1.165, 1.54) is 0 Å². The number of carbonyl (C=O) groups excluding carboxylic acids is 1. The lowest BCUT2D eigenvalue weighted by Crippen LogP contribution is -2.30. The number of amides is 1. The summed E-state index contributed by atoms with van der Waals surface area (Å²) in [7, 11) is 0. The maximum Gasteiger partial charge on any atom is 0.265 e. The van der Waals surface area contributed by atoms with E-state index in [1.54, 1.807) is 31.2 Å². The molecule has 1 amide bonds. The summed E-state index contributed by atoms with van der Waals surface area (Å²) in [6.45, 7) is 1.70. The largest absolute Gasteiger partial charge is 0.481 e. The van der Waals surface area contributed by atoms with Gasteiger partial charge in [-0.3, -0.25) is 4.79 Å². The Kier molecular flexibility index (Phi) is 4.03. The molecule has 2 rings (SSSR count). The summed E-state index contributed by atoms with van der Waals surface area (Å²) in [6.07, 6.45) is -0.595. The minimum atomic E-state index is -0.595. The van der Waals surface area contributed by atoms with Crippen LogP contribution < -0.4 is 15.8 Å². The van der Waals surface area contributed by atoms with Crippen molar-refractivity contribution in [3.63, 3.8) is 0 Å². The van der Waals surface area contributed by atoms with E-state index in [-0.39, 0.29) is 5.91 Å². The fourth-order valence-corrected chi connectivity index (χ4v) is 1.61. The van der Waals surface area contributed by atoms with Crippen LogP contribution in [0.25, 0.3) is 0 Å². The molecule has 0 bridgehead atoms. The second-order valence-corrected chi connectivity index (χ2v) is 4.19. The first-order valence-corrected chi connectivity index (χ1v) is 6.03. The van der Waals surface area contributed by atoms with E-state index in [0.29, 0.717) is 11.4 Å². The Labute approximate surface area is 112 Å². The Morgan fingerprint density at radius 1 is 1.16 bits per heavy atom. The molecule has 0 spiro atoms. The maximum absolute atomic E-state index is 11.9. The molecule has 0 aliphatic heterocycles. The molecule has 1 atom stereocenters. The van der Waals surface area contributed by atoms with Crippen LogP contribution >= 0.6 is 0 Å². The summed E-state index contributed by atoms with van der Waals surface area (Å²) in [5.41, 5.74) is 7.00. The van der Waals surface area contributed by atoms with E-state index in [0.717, 1.165) is 5.69 Å². The quantitative estimate of drug-likeness (QED) is 0.827. The Bertz CT molecular complexity index is 555. The van der Waals surface area contributed by atoms with Crippen LogP contribution in [0.15, 0.2) is 54.6 Å². The van der Waals surface area contributed by atoms with Crippen LogP contribution in [0.2, 0.25) is 0 Å². The Morgan fingerprint density at radius 2 is 1.89 bits per heavy atom. The molecule has 0 aliphatic carbocycles. The van der Waals surface area contributed by atoms with Gasteiger partial charge in [-0.2, -0.15) is 0 Å². The molecular weight excluding hydrogens is 240 g/mol. The minimum absolute atomic E-state index is 0.200. The van der Waals surface area contributed by atoms with Crippen LogP contribution in [-0.4, -0.2) is 12.0 Å². The zero-order chi connectivity index (χ0) is 13.7.